The molecule has 0 saturated heterocycles. The summed E-state index contributed by atoms with van der Waals surface area (Å²) >= 11 is 0. The lowest BCUT2D eigenvalue weighted by atomic mass is 10.1. The van der Waals surface area contributed by atoms with Gasteiger partial charge in [-0.05, 0) is 36.8 Å². The van der Waals surface area contributed by atoms with Gasteiger partial charge in [-0.25, -0.2) is 4.98 Å². The summed E-state index contributed by atoms with van der Waals surface area (Å²) < 4.78 is 7.86. The van der Waals surface area contributed by atoms with Crippen molar-refractivity contribution < 1.29 is 9.84 Å². The highest BCUT2D eigenvalue weighted by atomic mass is 16.5. The smallest absolute Gasteiger partial charge is 0.119 e. The molecule has 4 rings (SSSR count). The highest BCUT2D eigenvalue weighted by molar-refractivity contribution is 5.76. The molecule has 1 heterocycles. The van der Waals surface area contributed by atoms with E-state index in [1.165, 1.54) is 11.1 Å². The number of para-hydroxylation sites is 2. The Labute approximate surface area is 165 Å². The van der Waals surface area contributed by atoms with E-state index < -0.39 is 6.10 Å². The molecule has 0 fully saturated rings. The predicted octanol–water partition coefficient (Wildman–Crippen LogP) is 4.38. The molecule has 0 radical (unpaired) electrons. The minimum Gasteiger partial charge on any atom is -0.491 e. The fourth-order valence-corrected chi connectivity index (χ4v) is 3.33. The Morgan fingerprint density at radius 1 is 0.929 bits per heavy atom. The molecule has 0 bridgehead atoms. The van der Waals surface area contributed by atoms with Crippen LogP contribution in [0.4, 0.5) is 0 Å². The number of rotatable bonds is 7. The number of aryl methyl sites for hydroxylation is 1. The maximum Gasteiger partial charge on any atom is 0.119 e. The fraction of sp³-hybridized carbons (Fsp3) is 0.208. The lowest BCUT2D eigenvalue weighted by Gasteiger charge is -2.16. The first-order valence-electron chi connectivity index (χ1n) is 9.54. The highest BCUT2D eigenvalue weighted by Crippen LogP contribution is 2.20. The van der Waals surface area contributed by atoms with Crippen LogP contribution in [-0.4, -0.2) is 27.4 Å². The summed E-state index contributed by atoms with van der Waals surface area (Å²) in [5, 5.41) is 10.6. The van der Waals surface area contributed by atoms with Crippen LogP contribution in [0.2, 0.25) is 0 Å². The zero-order valence-electron chi connectivity index (χ0n) is 16.0. The molecule has 3 aromatic carbocycles. The zero-order valence-corrected chi connectivity index (χ0v) is 16.0. The molecule has 142 valence electrons. The topological polar surface area (TPSA) is 47.3 Å². The van der Waals surface area contributed by atoms with E-state index in [1.54, 1.807) is 0 Å². The highest BCUT2D eigenvalue weighted by Gasteiger charge is 2.15. The Balaban J connectivity index is 1.52. The molecule has 1 N–H and O–H groups in total. The van der Waals surface area contributed by atoms with Gasteiger partial charge >= 0.3 is 0 Å². The van der Waals surface area contributed by atoms with Crippen LogP contribution in [0.1, 0.15) is 17.0 Å². The molecular formula is C24H24N2O2. The molecule has 28 heavy (non-hydrogen) atoms. The van der Waals surface area contributed by atoms with Gasteiger partial charge in [0.05, 0.1) is 17.6 Å². The number of hydrogen-bond donors (Lipinski definition) is 1. The fourth-order valence-electron chi connectivity index (χ4n) is 3.33. The van der Waals surface area contributed by atoms with Crippen molar-refractivity contribution in [3.05, 3.63) is 95.8 Å². The number of aromatic nitrogens is 2. The number of benzene rings is 3. The van der Waals surface area contributed by atoms with Gasteiger partial charge in [-0.1, -0.05) is 60.2 Å². The first-order chi connectivity index (χ1) is 13.7. The second-order valence-electron chi connectivity index (χ2n) is 7.07. The summed E-state index contributed by atoms with van der Waals surface area (Å²) in [6.07, 6.45) is 0.0922. The van der Waals surface area contributed by atoms with Crippen molar-refractivity contribution in [2.45, 2.75) is 26.0 Å². The lowest BCUT2D eigenvalue weighted by Crippen LogP contribution is -2.24. The van der Waals surface area contributed by atoms with Crippen LogP contribution in [0.5, 0.6) is 5.75 Å². The van der Waals surface area contributed by atoms with E-state index in [4.69, 9.17) is 9.72 Å². The average Bonchev–Trinajstić information content (AvgIpc) is 3.05. The van der Waals surface area contributed by atoms with E-state index in [0.717, 1.165) is 29.0 Å². The molecular weight excluding hydrogens is 348 g/mol. The van der Waals surface area contributed by atoms with Crippen LogP contribution in [0.25, 0.3) is 11.0 Å². The Kier molecular flexibility index (Phi) is 5.40. The Hall–Kier alpha value is -3.11. The van der Waals surface area contributed by atoms with E-state index in [1.807, 2.05) is 73.7 Å². The van der Waals surface area contributed by atoms with Crippen LogP contribution in [-0.2, 0) is 13.0 Å². The van der Waals surface area contributed by atoms with Gasteiger partial charge in [0.25, 0.3) is 0 Å². The van der Waals surface area contributed by atoms with Crippen LogP contribution in [0.3, 0.4) is 0 Å². The van der Waals surface area contributed by atoms with Gasteiger partial charge < -0.3 is 14.4 Å². The number of nitrogens with zero attached hydrogens (tertiary/aromatic N) is 2. The number of fused-ring (bicyclic) bond motifs is 1. The quantitative estimate of drug-likeness (QED) is 0.524. The van der Waals surface area contributed by atoms with Crippen molar-refractivity contribution in [2.24, 2.45) is 0 Å². The maximum absolute atomic E-state index is 10.6. The SMILES string of the molecule is Cc1ccc(OC[C@@H](O)Cn2c(Cc3ccccc3)nc3ccccc32)cc1. The Bertz CT molecular complexity index is 1040. The molecule has 0 saturated carbocycles. The third-order valence-electron chi connectivity index (χ3n) is 4.80. The number of imidazole rings is 1. The van der Waals surface area contributed by atoms with Gasteiger partial charge in [0, 0.05) is 6.42 Å². The van der Waals surface area contributed by atoms with Crippen molar-refractivity contribution in [3.8, 4) is 5.75 Å². The van der Waals surface area contributed by atoms with E-state index in [0.29, 0.717) is 6.54 Å². The largest absolute Gasteiger partial charge is 0.491 e. The minimum absolute atomic E-state index is 0.236. The molecule has 4 aromatic rings. The molecule has 4 heteroatoms. The normalized spacial score (nSPS) is 12.2. The van der Waals surface area contributed by atoms with Crippen molar-refractivity contribution in [1.82, 2.24) is 9.55 Å². The van der Waals surface area contributed by atoms with E-state index in [2.05, 4.69) is 16.7 Å². The molecule has 4 nitrogen and oxygen atoms in total. The maximum atomic E-state index is 10.6. The van der Waals surface area contributed by atoms with Crippen LogP contribution in [0, 0.1) is 6.92 Å². The van der Waals surface area contributed by atoms with E-state index >= 15 is 0 Å². The molecule has 1 atom stereocenters. The molecule has 1 aromatic heterocycles. The summed E-state index contributed by atoms with van der Waals surface area (Å²) in [4.78, 5) is 4.80. The second-order valence-corrected chi connectivity index (χ2v) is 7.07. The number of hydrogen-bond acceptors (Lipinski definition) is 3. The van der Waals surface area contributed by atoms with Crippen molar-refractivity contribution in [1.29, 1.82) is 0 Å². The van der Waals surface area contributed by atoms with Crippen LogP contribution in [0.15, 0.2) is 78.9 Å². The van der Waals surface area contributed by atoms with Gasteiger partial charge in [0.2, 0.25) is 0 Å². The van der Waals surface area contributed by atoms with Crippen molar-refractivity contribution in [2.75, 3.05) is 6.61 Å². The van der Waals surface area contributed by atoms with Gasteiger partial charge in [-0.15, -0.1) is 0 Å². The second kappa shape index (κ2) is 8.28. The molecule has 0 aliphatic heterocycles. The van der Waals surface area contributed by atoms with Crippen LogP contribution < -0.4 is 4.74 Å². The summed E-state index contributed by atoms with van der Waals surface area (Å²) in [7, 11) is 0. The Morgan fingerprint density at radius 3 is 2.43 bits per heavy atom. The number of ether oxygens (including phenoxy) is 1. The van der Waals surface area contributed by atoms with Crippen LogP contribution >= 0.6 is 0 Å². The first-order valence-corrected chi connectivity index (χ1v) is 9.54. The average molecular weight is 372 g/mol. The van der Waals surface area contributed by atoms with E-state index in [-0.39, 0.29) is 6.61 Å². The molecule has 0 amide bonds. The predicted molar refractivity (Wildman–Crippen MR) is 112 cm³/mol. The summed E-state index contributed by atoms with van der Waals surface area (Å²) in [5.74, 6) is 1.71. The van der Waals surface area contributed by atoms with Gasteiger partial charge in [-0.3, -0.25) is 0 Å². The van der Waals surface area contributed by atoms with Crippen molar-refractivity contribution in [3.63, 3.8) is 0 Å². The van der Waals surface area contributed by atoms with Gasteiger partial charge in [0.1, 0.15) is 24.3 Å². The Morgan fingerprint density at radius 2 is 1.64 bits per heavy atom. The third kappa shape index (κ3) is 4.24. The molecule has 0 unspecified atom stereocenters. The van der Waals surface area contributed by atoms with Crippen molar-refractivity contribution >= 4 is 11.0 Å². The number of aliphatic hydroxyl groups excluding tert-OH is 1. The first kappa shape index (κ1) is 18.3. The summed E-state index contributed by atoms with van der Waals surface area (Å²) in [6.45, 7) is 2.71. The summed E-state index contributed by atoms with van der Waals surface area (Å²) in [5.41, 5.74) is 4.36. The van der Waals surface area contributed by atoms with Gasteiger partial charge in [-0.2, -0.15) is 0 Å². The minimum atomic E-state index is -0.631. The lowest BCUT2D eigenvalue weighted by molar-refractivity contribution is 0.0928. The van der Waals surface area contributed by atoms with Gasteiger partial charge in [0.15, 0.2) is 0 Å². The number of aliphatic hydroxyl groups is 1. The van der Waals surface area contributed by atoms with E-state index in [9.17, 15) is 5.11 Å². The monoisotopic (exact) mass is 372 g/mol. The molecule has 0 spiro atoms. The molecule has 0 aliphatic rings. The summed E-state index contributed by atoms with van der Waals surface area (Å²) in [6, 6.07) is 26.2. The molecule has 0 aliphatic carbocycles. The third-order valence-corrected chi connectivity index (χ3v) is 4.80. The zero-order chi connectivity index (χ0) is 19.3. The standard InChI is InChI=1S/C24H24N2O2/c1-18-11-13-21(14-12-18)28-17-20(27)16-26-23-10-6-5-9-22(23)25-24(26)15-19-7-3-2-4-8-19/h2-14,20,27H,15-17H2,1H3/t20-/m0/s1.